The molecule has 0 radical (unpaired) electrons. The molecule has 16 heavy (non-hydrogen) atoms. The average Bonchev–Trinajstić information content (AvgIpc) is 2.86. The highest BCUT2D eigenvalue weighted by Crippen LogP contribution is 2.28. The highest BCUT2D eigenvalue weighted by molar-refractivity contribution is 9.10. The SMILES string of the molecule is Cc1cc2oc(-c3ccco3)nc2cc1Br. The van der Waals surface area contributed by atoms with Gasteiger partial charge < -0.3 is 8.83 Å². The lowest BCUT2D eigenvalue weighted by Gasteiger charge is -1.94. The van der Waals surface area contributed by atoms with Gasteiger partial charge in [0.1, 0.15) is 5.52 Å². The molecule has 0 spiro atoms. The molecule has 0 amide bonds. The molecule has 0 atom stereocenters. The molecule has 0 aliphatic carbocycles. The van der Waals surface area contributed by atoms with Crippen molar-refractivity contribution in [1.82, 2.24) is 4.98 Å². The van der Waals surface area contributed by atoms with Crippen molar-refractivity contribution in [2.45, 2.75) is 6.92 Å². The van der Waals surface area contributed by atoms with Gasteiger partial charge in [-0.2, -0.15) is 0 Å². The largest absolute Gasteiger partial charge is 0.459 e. The second-order valence-corrected chi connectivity index (χ2v) is 4.42. The van der Waals surface area contributed by atoms with Gasteiger partial charge in [0.05, 0.1) is 6.26 Å². The zero-order valence-electron chi connectivity index (χ0n) is 8.53. The Hall–Kier alpha value is -1.55. The Morgan fingerprint density at radius 2 is 2.19 bits per heavy atom. The van der Waals surface area contributed by atoms with E-state index in [0.29, 0.717) is 11.7 Å². The zero-order valence-corrected chi connectivity index (χ0v) is 10.1. The standard InChI is InChI=1S/C12H8BrNO2/c1-7-5-11-9(6-8(7)13)14-12(16-11)10-3-2-4-15-10/h2-6H,1H3. The Kier molecular flexibility index (Phi) is 2.11. The lowest BCUT2D eigenvalue weighted by atomic mass is 10.2. The molecule has 0 bridgehead atoms. The normalized spacial score (nSPS) is 11.1. The fourth-order valence-electron chi connectivity index (χ4n) is 1.56. The van der Waals surface area contributed by atoms with Gasteiger partial charge in [-0.3, -0.25) is 0 Å². The molecule has 3 nitrogen and oxygen atoms in total. The van der Waals surface area contributed by atoms with Crippen LogP contribution in [0.3, 0.4) is 0 Å². The molecule has 0 aliphatic rings. The summed E-state index contributed by atoms with van der Waals surface area (Å²) >= 11 is 3.47. The molecule has 80 valence electrons. The number of fused-ring (bicyclic) bond motifs is 1. The summed E-state index contributed by atoms with van der Waals surface area (Å²) in [5.74, 6) is 1.16. The van der Waals surface area contributed by atoms with E-state index in [-0.39, 0.29) is 0 Å². The van der Waals surface area contributed by atoms with Crippen LogP contribution in [0.25, 0.3) is 22.8 Å². The van der Waals surface area contributed by atoms with E-state index in [2.05, 4.69) is 20.9 Å². The first kappa shape index (κ1) is 9.66. The van der Waals surface area contributed by atoms with Crippen LogP contribution < -0.4 is 0 Å². The van der Waals surface area contributed by atoms with Crippen LogP contribution in [0.5, 0.6) is 0 Å². The van der Waals surface area contributed by atoms with Crippen molar-refractivity contribution in [2.75, 3.05) is 0 Å². The molecular formula is C12H8BrNO2. The molecule has 1 aromatic carbocycles. The van der Waals surface area contributed by atoms with Crippen molar-refractivity contribution in [3.63, 3.8) is 0 Å². The Labute approximate surface area is 100 Å². The van der Waals surface area contributed by atoms with Gasteiger partial charge in [-0.1, -0.05) is 15.9 Å². The van der Waals surface area contributed by atoms with Crippen molar-refractivity contribution in [1.29, 1.82) is 0 Å². The van der Waals surface area contributed by atoms with E-state index in [1.807, 2.05) is 31.2 Å². The number of aryl methyl sites for hydroxylation is 1. The number of halogens is 1. The molecule has 3 rings (SSSR count). The van der Waals surface area contributed by atoms with Gasteiger partial charge in [0.2, 0.25) is 0 Å². The van der Waals surface area contributed by atoms with Crippen LogP contribution in [0.2, 0.25) is 0 Å². The molecule has 2 aromatic heterocycles. The van der Waals surface area contributed by atoms with E-state index in [4.69, 9.17) is 8.83 Å². The maximum atomic E-state index is 5.62. The predicted molar refractivity (Wildman–Crippen MR) is 64.1 cm³/mol. The maximum Gasteiger partial charge on any atom is 0.263 e. The molecule has 0 fully saturated rings. The molecule has 0 aliphatic heterocycles. The fraction of sp³-hybridized carbons (Fsp3) is 0.0833. The Morgan fingerprint density at radius 1 is 1.31 bits per heavy atom. The summed E-state index contributed by atoms with van der Waals surface area (Å²) in [6, 6.07) is 7.54. The van der Waals surface area contributed by atoms with E-state index in [1.165, 1.54) is 0 Å². The summed E-state index contributed by atoms with van der Waals surface area (Å²) < 4.78 is 11.9. The minimum absolute atomic E-state index is 0.512. The number of benzene rings is 1. The van der Waals surface area contributed by atoms with Gasteiger partial charge in [-0.15, -0.1) is 0 Å². The molecule has 4 heteroatoms. The smallest absolute Gasteiger partial charge is 0.263 e. The number of aromatic nitrogens is 1. The first-order chi connectivity index (χ1) is 7.74. The first-order valence-corrected chi connectivity index (χ1v) is 5.64. The molecule has 2 heterocycles. The summed E-state index contributed by atoms with van der Waals surface area (Å²) in [7, 11) is 0. The Balaban J connectivity index is 2.23. The van der Waals surface area contributed by atoms with E-state index in [1.54, 1.807) is 6.26 Å². The second-order valence-electron chi connectivity index (χ2n) is 3.57. The highest BCUT2D eigenvalue weighted by Gasteiger charge is 2.11. The molecular weight excluding hydrogens is 270 g/mol. The Morgan fingerprint density at radius 3 is 2.94 bits per heavy atom. The number of oxazole rings is 1. The van der Waals surface area contributed by atoms with Gasteiger partial charge in [0.25, 0.3) is 5.89 Å². The zero-order chi connectivity index (χ0) is 11.1. The molecule has 0 N–H and O–H groups in total. The van der Waals surface area contributed by atoms with Crippen molar-refractivity contribution < 1.29 is 8.83 Å². The van der Waals surface area contributed by atoms with E-state index >= 15 is 0 Å². The second kappa shape index (κ2) is 3.49. The fourth-order valence-corrected chi connectivity index (χ4v) is 1.89. The van der Waals surface area contributed by atoms with Crippen LogP contribution in [0, 0.1) is 6.92 Å². The molecule has 0 saturated carbocycles. The third-order valence-electron chi connectivity index (χ3n) is 2.40. The van der Waals surface area contributed by atoms with Crippen molar-refractivity contribution in [3.8, 4) is 11.7 Å². The minimum Gasteiger partial charge on any atom is -0.459 e. The lowest BCUT2D eigenvalue weighted by molar-refractivity contribution is 0.535. The lowest BCUT2D eigenvalue weighted by Crippen LogP contribution is -1.75. The van der Waals surface area contributed by atoms with Crippen LogP contribution in [-0.4, -0.2) is 4.98 Å². The predicted octanol–water partition coefficient (Wildman–Crippen LogP) is 4.16. The van der Waals surface area contributed by atoms with Gasteiger partial charge in [-0.25, -0.2) is 4.98 Å². The van der Waals surface area contributed by atoms with Crippen molar-refractivity contribution >= 4 is 27.0 Å². The van der Waals surface area contributed by atoms with Gasteiger partial charge >= 0.3 is 0 Å². The summed E-state index contributed by atoms with van der Waals surface area (Å²) in [4.78, 5) is 4.37. The van der Waals surface area contributed by atoms with Crippen LogP contribution in [0.4, 0.5) is 0 Å². The average molecular weight is 278 g/mol. The first-order valence-electron chi connectivity index (χ1n) is 4.84. The van der Waals surface area contributed by atoms with E-state index in [9.17, 15) is 0 Å². The summed E-state index contributed by atoms with van der Waals surface area (Å²) in [6.45, 7) is 2.01. The van der Waals surface area contributed by atoms with Crippen molar-refractivity contribution in [2.24, 2.45) is 0 Å². The summed E-state index contributed by atoms with van der Waals surface area (Å²) in [5, 5.41) is 0. The van der Waals surface area contributed by atoms with Crippen LogP contribution >= 0.6 is 15.9 Å². The minimum atomic E-state index is 0.512. The third kappa shape index (κ3) is 1.46. The monoisotopic (exact) mass is 277 g/mol. The molecule has 3 aromatic rings. The quantitative estimate of drug-likeness (QED) is 0.671. The Bertz CT molecular complexity index is 601. The highest BCUT2D eigenvalue weighted by atomic mass is 79.9. The number of nitrogens with zero attached hydrogens (tertiary/aromatic N) is 1. The molecule has 0 saturated heterocycles. The summed E-state index contributed by atoms with van der Waals surface area (Å²) in [5.41, 5.74) is 2.71. The number of rotatable bonds is 1. The molecule has 0 unspecified atom stereocenters. The number of hydrogen-bond donors (Lipinski definition) is 0. The topological polar surface area (TPSA) is 39.2 Å². The van der Waals surface area contributed by atoms with Crippen LogP contribution in [0.15, 0.2) is 43.8 Å². The maximum absolute atomic E-state index is 5.62. The van der Waals surface area contributed by atoms with Gasteiger partial charge in [0, 0.05) is 4.47 Å². The number of hydrogen-bond acceptors (Lipinski definition) is 3. The summed E-state index contributed by atoms with van der Waals surface area (Å²) in [6.07, 6.45) is 1.60. The van der Waals surface area contributed by atoms with E-state index < -0.39 is 0 Å². The van der Waals surface area contributed by atoms with Gasteiger partial charge in [0.15, 0.2) is 11.3 Å². The van der Waals surface area contributed by atoms with E-state index in [0.717, 1.165) is 21.1 Å². The van der Waals surface area contributed by atoms with Crippen molar-refractivity contribution in [3.05, 3.63) is 40.6 Å². The van der Waals surface area contributed by atoms with Crippen LogP contribution in [0.1, 0.15) is 5.56 Å². The number of furan rings is 1. The van der Waals surface area contributed by atoms with Crippen LogP contribution in [-0.2, 0) is 0 Å². The van der Waals surface area contributed by atoms with Gasteiger partial charge in [-0.05, 0) is 36.8 Å². The third-order valence-corrected chi connectivity index (χ3v) is 3.26.